The highest BCUT2D eigenvalue weighted by molar-refractivity contribution is 6.76. The molecule has 0 unspecified atom stereocenters. The van der Waals surface area contributed by atoms with E-state index in [0.29, 0.717) is 24.6 Å². The molecule has 5 nitrogen and oxygen atoms in total. The van der Waals surface area contributed by atoms with Gasteiger partial charge in [-0.25, -0.2) is 9.48 Å². The van der Waals surface area contributed by atoms with Crippen molar-refractivity contribution in [3.05, 3.63) is 17.5 Å². The maximum absolute atomic E-state index is 11.6. The second-order valence-electron chi connectivity index (χ2n) is 5.74. The summed E-state index contributed by atoms with van der Waals surface area (Å²) in [6.07, 6.45) is 1.68. The van der Waals surface area contributed by atoms with Gasteiger partial charge in [0.2, 0.25) is 0 Å². The Morgan fingerprint density at radius 1 is 1.42 bits per heavy atom. The van der Waals surface area contributed by atoms with Crippen LogP contribution in [0.4, 0.5) is 0 Å². The standard InChI is InChI=1S/C13H24N2O3Si/c1-6-18-13(16)12-9-15(14-11(12)2)10-17-7-8-19(3,4)5/h9H,6-8,10H2,1-5H3. The fourth-order valence-electron chi connectivity index (χ4n) is 1.53. The topological polar surface area (TPSA) is 53.4 Å². The van der Waals surface area contributed by atoms with Crippen LogP contribution < -0.4 is 0 Å². The molecule has 0 bridgehead atoms. The molecule has 108 valence electrons. The Kier molecular flexibility index (Phi) is 5.75. The van der Waals surface area contributed by atoms with Crippen LogP contribution in [0, 0.1) is 6.92 Å². The van der Waals surface area contributed by atoms with Crippen molar-refractivity contribution in [2.45, 2.75) is 46.3 Å². The molecule has 0 spiro atoms. The number of aryl methyl sites for hydroxylation is 1. The Morgan fingerprint density at radius 2 is 2.11 bits per heavy atom. The van der Waals surface area contributed by atoms with Crippen LogP contribution in [0.15, 0.2) is 6.20 Å². The van der Waals surface area contributed by atoms with Crippen LogP contribution in [-0.4, -0.2) is 37.0 Å². The molecular weight excluding hydrogens is 260 g/mol. The molecule has 0 aliphatic heterocycles. The van der Waals surface area contributed by atoms with Gasteiger partial charge in [-0.05, 0) is 19.9 Å². The van der Waals surface area contributed by atoms with Crippen LogP contribution >= 0.6 is 0 Å². The van der Waals surface area contributed by atoms with Crippen molar-refractivity contribution in [1.82, 2.24) is 9.78 Å². The molecule has 0 radical (unpaired) electrons. The number of nitrogens with zero attached hydrogens (tertiary/aromatic N) is 2. The lowest BCUT2D eigenvalue weighted by Crippen LogP contribution is -2.22. The predicted molar refractivity (Wildman–Crippen MR) is 77.0 cm³/mol. The molecule has 0 saturated heterocycles. The molecule has 0 aliphatic carbocycles. The third-order valence-electron chi connectivity index (χ3n) is 2.66. The molecule has 0 N–H and O–H groups in total. The van der Waals surface area contributed by atoms with Gasteiger partial charge in [-0.1, -0.05) is 19.6 Å². The van der Waals surface area contributed by atoms with Gasteiger partial charge in [0, 0.05) is 20.9 Å². The third-order valence-corrected chi connectivity index (χ3v) is 4.37. The highest BCUT2D eigenvalue weighted by Crippen LogP contribution is 2.10. The zero-order valence-corrected chi connectivity index (χ0v) is 13.5. The van der Waals surface area contributed by atoms with Gasteiger partial charge in [0.25, 0.3) is 0 Å². The van der Waals surface area contributed by atoms with E-state index < -0.39 is 8.07 Å². The van der Waals surface area contributed by atoms with E-state index in [1.165, 1.54) is 0 Å². The van der Waals surface area contributed by atoms with Gasteiger partial charge in [-0.2, -0.15) is 5.10 Å². The lowest BCUT2D eigenvalue weighted by atomic mass is 10.3. The Hall–Kier alpha value is -1.14. The lowest BCUT2D eigenvalue weighted by molar-refractivity contribution is 0.0524. The third kappa shape index (κ3) is 5.57. The van der Waals surface area contributed by atoms with E-state index in [-0.39, 0.29) is 5.97 Å². The van der Waals surface area contributed by atoms with Gasteiger partial charge in [0.05, 0.1) is 12.3 Å². The van der Waals surface area contributed by atoms with Crippen molar-refractivity contribution >= 4 is 14.0 Å². The zero-order valence-electron chi connectivity index (χ0n) is 12.5. The molecule has 19 heavy (non-hydrogen) atoms. The fourth-order valence-corrected chi connectivity index (χ4v) is 2.29. The molecule has 1 aromatic heterocycles. The predicted octanol–water partition coefficient (Wildman–Crippen LogP) is 2.68. The van der Waals surface area contributed by atoms with Crippen LogP contribution in [0.2, 0.25) is 25.7 Å². The molecule has 0 fully saturated rings. The minimum Gasteiger partial charge on any atom is -0.462 e. The summed E-state index contributed by atoms with van der Waals surface area (Å²) in [5, 5.41) is 4.25. The van der Waals surface area contributed by atoms with E-state index in [2.05, 4.69) is 24.7 Å². The summed E-state index contributed by atoms with van der Waals surface area (Å²) in [5.74, 6) is -0.326. The minimum absolute atomic E-state index is 0.326. The van der Waals surface area contributed by atoms with E-state index in [9.17, 15) is 4.79 Å². The first-order valence-corrected chi connectivity index (χ1v) is 10.3. The number of hydrogen-bond donors (Lipinski definition) is 0. The van der Waals surface area contributed by atoms with Gasteiger partial charge in [-0.3, -0.25) is 0 Å². The van der Waals surface area contributed by atoms with Crippen molar-refractivity contribution in [1.29, 1.82) is 0 Å². The summed E-state index contributed by atoms with van der Waals surface area (Å²) >= 11 is 0. The Bertz CT molecular complexity index is 424. The second-order valence-corrected chi connectivity index (χ2v) is 11.4. The van der Waals surface area contributed by atoms with Crippen LogP contribution in [0.25, 0.3) is 0 Å². The largest absolute Gasteiger partial charge is 0.462 e. The number of ether oxygens (including phenoxy) is 2. The summed E-state index contributed by atoms with van der Waals surface area (Å²) < 4.78 is 12.2. The molecule has 1 heterocycles. The van der Waals surface area contributed by atoms with Crippen LogP contribution in [0.3, 0.4) is 0 Å². The normalized spacial score (nSPS) is 11.6. The summed E-state index contributed by atoms with van der Waals surface area (Å²) in [7, 11) is -1.06. The van der Waals surface area contributed by atoms with Crippen molar-refractivity contribution in [2.75, 3.05) is 13.2 Å². The van der Waals surface area contributed by atoms with Gasteiger partial charge < -0.3 is 9.47 Å². The van der Waals surface area contributed by atoms with Crippen molar-refractivity contribution in [2.24, 2.45) is 0 Å². The van der Waals surface area contributed by atoms with E-state index in [4.69, 9.17) is 9.47 Å². The van der Waals surface area contributed by atoms with Crippen molar-refractivity contribution in [3.63, 3.8) is 0 Å². The fraction of sp³-hybridized carbons (Fsp3) is 0.692. The average molecular weight is 284 g/mol. The maximum atomic E-state index is 11.6. The second kappa shape index (κ2) is 6.86. The molecule has 1 aromatic rings. The Labute approximate surface area is 115 Å². The first-order valence-electron chi connectivity index (χ1n) is 6.62. The van der Waals surface area contributed by atoms with Gasteiger partial charge in [0.1, 0.15) is 12.3 Å². The maximum Gasteiger partial charge on any atom is 0.341 e. The SMILES string of the molecule is CCOC(=O)c1cn(COCC[Si](C)(C)C)nc1C. The smallest absolute Gasteiger partial charge is 0.341 e. The van der Waals surface area contributed by atoms with Crippen molar-refractivity contribution in [3.8, 4) is 0 Å². The van der Waals surface area contributed by atoms with E-state index >= 15 is 0 Å². The molecule has 0 aliphatic rings. The van der Waals surface area contributed by atoms with Crippen LogP contribution in [0.1, 0.15) is 23.0 Å². The number of hydrogen-bond acceptors (Lipinski definition) is 4. The summed E-state index contributed by atoms with van der Waals surface area (Å²) in [4.78, 5) is 11.6. The quantitative estimate of drug-likeness (QED) is 0.439. The molecule has 0 amide bonds. The zero-order chi connectivity index (χ0) is 14.5. The van der Waals surface area contributed by atoms with Gasteiger partial charge >= 0.3 is 5.97 Å². The van der Waals surface area contributed by atoms with E-state index in [1.54, 1.807) is 24.7 Å². The van der Waals surface area contributed by atoms with Gasteiger partial charge in [-0.15, -0.1) is 0 Å². The number of rotatable bonds is 7. The highest BCUT2D eigenvalue weighted by atomic mass is 28.3. The molecule has 6 heteroatoms. The number of esters is 1. The summed E-state index contributed by atoms with van der Waals surface area (Å²) in [6.45, 7) is 12.0. The highest BCUT2D eigenvalue weighted by Gasteiger charge is 2.15. The average Bonchev–Trinajstić information content (AvgIpc) is 2.65. The van der Waals surface area contributed by atoms with Crippen LogP contribution in [-0.2, 0) is 16.2 Å². The molecule has 0 saturated carbocycles. The monoisotopic (exact) mass is 284 g/mol. The van der Waals surface area contributed by atoms with Gasteiger partial charge in [0.15, 0.2) is 0 Å². The molecular formula is C13H24N2O3Si. The Balaban J connectivity index is 2.48. The van der Waals surface area contributed by atoms with E-state index in [1.807, 2.05) is 0 Å². The minimum atomic E-state index is -1.06. The molecule has 1 rings (SSSR count). The summed E-state index contributed by atoms with van der Waals surface area (Å²) in [5.41, 5.74) is 1.18. The van der Waals surface area contributed by atoms with Crippen molar-refractivity contribution < 1.29 is 14.3 Å². The molecule has 0 atom stereocenters. The lowest BCUT2D eigenvalue weighted by Gasteiger charge is -2.15. The summed E-state index contributed by atoms with van der Waals surface area (Å²) in [6, 6.07) is 1.12. The van der Waals surface area contributed by atoms with Crippen LogP contribution in [0.5, 0.6) is 0 Å². The first kappa shape index (κ1) is 15.9. The Morgan fingerprint density at radius 3 is 2.68 bits per heavy atom. The molecule has 0 aromatic carbocycles. The number of carbonyl (C=O) groups is 1. The first-order chi connectivity index (χ1) is 8.83. The number of carbonyl (C=O) groups excluding carboxylic acids is 1. The number of aromatic nitrogens is 2. The van der Waals surface area contributed by atoms with E-state index in [0.717, 1.165) is 12.7 Å².